The maximum absolute atomic E-state index is 14.9. The van der Waals surface area contributed by atoms with Crippen molar-refractivity contribution in [2.45, 2.75) is 31.5 Å². The maximum Gasteiger partial charge on any atom is 0.414 e. The Labute approximate surface area is 171 Å². The van der Waals surface area contributed by atoms with Gasteiger partial charge >= 0.3 is 6.09 Å². The number of ether oxygens (including phenoxy) is 1. The number of hydrogen-bond donors (Lipinski definition) is 0. The van der Waals surface area contributed by atoms with Crippen LogP contribution in [0.1, 0.15) is 18.9 Å². The molecular weight excluding hydrogens is 393 g/mol. The van der Waals surface area contributed by atoms with E-state index in [-0.39, 0.29) is 18.0 Å². The molecule has 1 amide bonds. The summed E-state index contributed by atoms with van der Waals surface area (Å²) < 4.78 is 21.9. The molecule has 12 heteroatoms. The van der Waals surface area contributed by atoms with Crippen molar-refractivity contribution in [2.24, 2.45) is 0 Å². The van der Waals surface area contributed by atoms with Crippen molar-refractivity contribution in [1.82, 2.24) is 35.2 Å². The van der Waals surface area contributed by atoms with Crippen molar-refractivity contribution in [3.05, 3.63) is 42.7 Å². The summed E-state index contributed by atoms with van der Waals surface area (Å²) in [5.41, 5.74) is 1.000. The molecular formula is C18H20FN9O2. The summed E-state index contributed by atoms with van der Waals surface area (Å²) >= 11 is 0. The van der Waals surface area contributed by atoms with Crippen molar-refractivity contribution < 1.29 is 13.9 Å². The van der Waals surface area contributed by atoms with E-state index in [1.165, 1.54) is 17.3 Å². The number of halogens is 1. The van der Waals surface area contributed by atoms with Crippen LogP contribution in [0.15, 0.2) is 36.9 Å². The number of carbonyl (C=O) groups is 1. The lowest BCUT2D eigenvalue weighted by Gasteiger charge is -2.33. The SMILES string of the molecule is O=C1O[C@@H](Cn2ccnn2)CN1c1ccc(N2CCC(n3ncnn3)CC2)c(F)c1. The minimum absolute atomic E-state index is 0.173. The Hall–Kier alpha value is -3.57. The van der Waals surface area contributed by atoms with Gasteiger partial charge in [-0.15, -0.1) is 15.3 Å². The van der Waals surface area contributed by atoms with Crippen LogP contribution >= 0.6 is 0 Å². The number of tetrazole rings is 1. The fourth-order valence-corrected chi connectivity index (χ4v) is 3.97. The molecule has 3 aromatic rings. The molecule has 2 fully saturated rings. The number of amides is 1. The van der Waals surface area contributed by atoms with Gasteiger partial charge in [0.25, 0.3) is 0 Å². The summed E-state index contributed by atoms with van der Waals surface area (Å²) in [6, 6.07) is 5.03. The Kier molecular flexibility index (Phi) is 4.73. The average Bonchev–Trinajstić information content (AvgIpc) is 3.51. The Morgan fingerprint density at radius 3 is 2.73 bits per heavy atom. The highest BCUT2D eigenvalue weighted by atomic mass is 19.1. The van der Waals surface area contributed by atoms with Gasteiger partial charge in [0.2, 0.25) is 0 Å². The largest absolute Gasteiger partial charge is 0.442 e. The molecule has 1 atom stereocenters. The number of nitrogens with zero attached hydrogens (tertiary/aromatic N) is 9. The molecule has 1 aromatic carbocycles. The number of benzene rings is 1. The standard InChI is InChI=1S/C18H20FN9O2/c19-16-9-14(27-11-15(30-18(27)29)10-26-8-5-20-23-26)1-2-17(16)25-6-3-13(4-7-25)28-22-12-21-24-28/h1-2,5,8-9,12-13,15H,3-4,6-7,10-11H2/t15-/m0/s1. The maximum atomic E-state index is 14.9. The summed E-state index contributed by atoms with van der Waals surface area (Å²) in [7, 11) is 0. The van der Waals surface area contributed by atoms with E-state index in [9.17, 15) is 9.18 Å². The van der Waals surface area contributed by atoms with Gasteiger partial charge in [0.05, 0.1) is 36.7 Å². The predicted octanol–water partition coefficient (Wildman–Crippen LogP) is 1.27. The first-order chi connectivity index (χ1) is 14.7. The lowest BCUT2D eigenvalue weighted by molar-refractivity contribution is 0.129. The Balaban J connectivity index is 1.24. The van der Waals surface area contributed by atoms with Gasteiger partial charge < -0.3 is 9.64 Å². The number of hydrogen-bond acceptors (Lipinski definition) is 8. The average molecular weight is 413 g/mol. The second-order valence-corrected chi connectivity index (χ2v) is 7.35. The zero-order chi connectivity index (χ0) is 20.5. The number of anilines is 2. The van der Waals surface area contributed by atoms with Crippen molar-refractivity contribution in [3.63, 3.8) is 0 Å². The number of rotatable bonds is 5. The molecule has 156 valence electrons. The third-order valence-electron chi connectivity index (χ3n) is 5.48. The number of piperidine rings is 1. The monoisotopic (exact) mass is 413 g/mol. The number of carbonyl (C=O) groups excluding carboxylic acids is 1. The first kappa shape index (κ1) is 18.5. The zero-order valence-corrected chi connectivity index (χ0v) is 16.1. The zero-order valence-electron chi connectivity index (χ0n) is 16.1. The highest BCUT2D eigenvalue weighted by Gasteiger charge is 2.33. The van der Waals surface area contributed by atoms with Crippen LogP contribution < -0.4 is 9.80 Å². The molecule has 30 heavy (non-hydrogen) atoms. The molecule has 5 rings (SSSR count). The third kappa shape index (κ3) is 3.55. The van der Waals surface area contributed by atoms with Crippen LogP contribution in [-0.2, 0) is 11.3 Å². The normalized spacial score (nSPS) is 20.0. The van der Waals surface area contributed by atoms with E-state index in [0.717, 1.165) is 12.8 Å². The van der Waals surface area contributed by atoms with Crippen LogP contribution in [0.4, 0.5) is 20.6 Å². The molecule has 0 N–H and O–H groups in total. The van der Waals surface area contributed by atoms with Crippen LogP contribution in [0.2, 0.25) is 0 Å². The van der Waals surface area contributed by atoms with E-state index < -0.39 is 6.09 Å². The third-order valence-corrected chi connectivity index (χ3v) is 5.48. The van der Waals surface area contributed by atoms with Crippen LogP contribution in [0.3, 0.4) is 0 Å². The molecule has 4 heterocycles. The van der Waals surface area contributed by atoms with Gasteiger partial charge in [-0.05, 0) is 36.3 Å². The smallest absolute Gasteiger partial charge is 0.414 e. The first-order valence-corrected chi connectivity index (χ1v) is 9.76. The van der Waals surface area contributed by atoms with E-state index in [2.05, 4.69) is 25.7 Å². The molecule has 0 unspecified atom stereocenters. The van der Waals surface area contributed by atoms with Crippen molar-refractivity contribution in [3.8, 4) is 0 Å². The van der Waals surface area contributed by atoms with E-state index in [4.69, 9.17) is 4.74 Å². The van der Waals surface area contributed by atoms with Crippen LogP contribution in [0.5, 0.6) is 0 Å². The topological polar surface area (TPSA) is 107 Å². The molecule has 0 bridgehead atoms. The molecule has 2 aliphatic heterocycles. The molecule has 2 aromatic heterocycles. The molecule has 0 aliphatic carbocycles. The molecule has 0 saturated carbocycles. The van der Waals surface area contributed by atoms with E-state index >= 15 is 0 Å². The quantitative estimate of drug-likeness (QED) is 0.616. The summed E-state index contributed by atoms with van der Waals surface area (Å²) in [6.07, 6.45) is 5.44. The minimum Gasteiger partial charge on any atom is -0.442 e. The highest BCUT2D eigenvalue weighted by molar-refractivity contribution is 5.90. The van der Waals surface area contributed by atoms with Crippen LogP contribution in [-0.4, -0.2) is 67.0 Å². The second-order valence-electron chi connectivity index (χ2n) is 7.35. The lowest BCUT2D eigenvalue weighted by Crippen LogP contribution is -2.36. The van der Waals surface area contributed by atoms with Gasteiger partial charge in [-0.1, -0.05) is 5.21 Å². The van der Waals surface area contributed by atoms with Crippen molar-refractivity contribution in [2.75, 3.05) is 29.4 Å². The minimum atomic E-state index is -0.492. The van der Waals surface area contributed by atoms with E-state index in [1.807, 2.05) is 4.90 Å². The van der Waals surface area contributed by atoms with Gasteiger partial charge in [-0.25, -0.2) is 13.9 Å². The van der Waals surface area contributed by atoms with E-state index in [0.29, 0.717) is 37.6 Å². The summed E-state index contributed by atoms with van der Waals surface area (Å²) in [5.74, 6) is -0.364. The molecule has 0 spiro atoms. The van der Waals surface area contributed by atoms with Gasteiger partial charge in [-0.3, -0.25) is 4.90 Å². The van der Waals surface area contributed by atoms with Crippen molar-refractivity contribution >= 4 is 17.5 Å². The Bertz CT molecular complexity index is 1000. The molecule has 0 radical (unpaired) electrons. The summed E-state index contributed by atoms with van der Waals surface area (Å²) in [4.78, 5) is 17.3. The van der Waals surface area contributed by atoms with Gasteiger partial charge in [0.1, 0.15) is 11.9 Å². The van der Waals surface area contributed by atoms with E-state index in [1.54, 1.807) is 34.0 Å². The fourth-order valence-electron chi connectivity index (χ4n) is 3.97. The highest BCUT2D eigenvalue weighted by Crippen LogP contribution is 2.31. The van der Waals surface area contributed by atoms with Crippen LogP contribution in [0.25, 0.3) is 0 Å². The summed E-state index contributed by atoms with van der Waals surface area (Å²) in [5, 5.41) is 19.4. The predicted molar refractivity (Wildman–Crippen MR) is 102 cm³/mol. The molecule has 11 nitrogen and oxygen atoms in total. The Morgan fingerprint density at radius 1 is 1.17 bits per heavy atom. The number of aromatic nitrogens is 7. The van der Waals surface area contributed by atoms with Crippen LogP contribution in [0, 0.1) is 5.82 Å². The Morgan fingerprint density at radius 2 is 2.03 bits per heavy atom. The van der Waals surface area contributed by atoms with Gasteiger partial charge in [0, 0.05) is 19.3 Å². The second kappa shape index (κ2) is 7.69. The number of cyclic esters (lactones) is 1. The fraction of sp³-hybridized carbons (Fsp3) is 0.444. The molecule has 2 aliphatic rings. The first-order valence-electron chi connectivity index (χ1n) is 9.76. The summed E-state index contributed by atoms with van der Waals surface area (Å²) in [6.45, 7) is 2.11. The van der Waals surface area contributed by atoms with Gasteiger partial charge in [-0.2, -0.15) is 4.80 Å². The molecule has 2 saturated heterocycles. The lowest BCUT2D eigenvalue weighted by atomic mass is 10.0. The van der Waals surface area contributed by atoms with Gasteiger partial charge in [0.15, 0.2) is 6.33 Å². The van der Waals surface area contributed by atoms with Crippen molar-refractivity contribution in [1.29, 1.82) is 0 Å².